The number of benzene rings is 2. The van der Waals surface area contributed by atoms with Gasteiger partial charge in [-0.25, -0.2) is 9.29 Å². The number of carbonyl (C=O) groups is 5. The fourth-order valence-electron chi connectivity index (χ4n) is 7.15. The Morgan fingerprint density at radius 1 is 1.00 bits per heavy atom. The summed E-state index contributed by atoms with van der Waals surface area (Å²) in [5.74, 6) is -7.78. The van der Waals surface area contributed by atoms with Gasteiger partial charge in [-0.3, -0.25) is 28.9 Å². The first-order valence-electron chi connectivity index (χ1n) is 13.5. The van der Waals surface area contributed by atoms with Crippen molar-refractivity contribution in [2.24, 2.45) is 17.8 Å². The lowest BCUT2D eigenvalue weighted by Gasteiger charge is -2.50. The standard InChI is InChI=1S/C30H25Cl2FN2O7/c31-29-14-21-19(10-11-20-23(21)26(40)34(25(20)39)12-2-5-22(37)38)24(15-3-1-4-18(36)13-15)30(29,32)28(42)35(27(29)41)17-8-6-16(33)7-9-17/h1,3-4,6-10,13,20-21,23-24,36H,2,5,11-12,14H2,(H,37,38)/t20-,21+,23-,24-,29+,30-/m0/s1. The highest BCUT2D eigenvalue weighted by atomic mass is 35.5. The number of carboxylic acid groups (broad SMARTS) is 1. The molecule has 6 atom stereocenters. The summed E-state index contributed by atoms with van der Waals surface area (Å²) >= 11 is 14.5. The van der Waals surface area contributed by atoms with Crippen LogP contribution in [0.25, 0.3) is 0 Å². The van der Waals surface area contributed by atoms with E-state index in [1.54, 1.807) is 18.2 Å². The summed E-state index contributed by atoms with van der Waals surface area (Å²) in [6, 6.07) is 10.8. The number of anilines is 1. The van der Waals surface area contributed by atoms with Crippen molar-refractivity contribution in [3.8, 4) is 5.75 Å². The number of hydrogen-bond donors (Lipinski definition) is 2. The summed E-state index contributed by atoms with van der Waals surface area (Å²) in [7, 11) is 0. The van der Waals surface area contributed by atoms with Crippen molar-refractivity contribution >= 4 is 58.5 Å². The Labute approximate surface area is 249 Å². The van der Waals surface area contributed by atoms with Crippen LogP contribution in [0.3, 0.4) is 0 Å². The number of halogens is 3. The number of fused-ring (bicyclic) bond motifs is 4. The maximum Gasteiger partial charge on any atom is 0.303 e. The number of phenols is 1. The third kappa shape index (κ3) is 3.91. The molecule has 2 N–H and O–H groups in total. The highest BCUT2D eigenvalue weighted by Crippen LogP contribution is 2.65. The number of alkyl halides is 2. The molecule has 2 heterocycles. The summed E-state index contributed by atoms with van der Waals surface area (Å²) in [5, 5.41) is 19.4. The summed E-state index contributed by atoms with van der Waals surface area (Å²) in [6.07, 6.45) is 1.58. The predicted octanol–water partition coefficient (Wildman–Crippen LogP) is 3.96. The molecule has 218 valence electrons. The van der Waals surface area contributed by atoms with Gasteiger partial charge in [0.25, 0.3) is 11.8 Å². The van der Waals surface area contributed by atoms with E-state index in [1.807, 2.05) is 0 Å². The van der Waals surface area contributed by atoms with Gasteiger partial charge >= 0.3 is 5.97 Å². The van der Waals surface area contributed by atoms with Crippen LogP contribution < -0.4 is 4.90 Å². The number of aromatic hydroxyl groups is 1. The van der Waals surface area contributed by atoms with E-state index in [2.05, 4.69) is 0 Å². The first kappa shape index (κ1) is 28.4. The lowest BCUT2D eigenvalue weighted by atomic mass is 9.56. The molecule has 0 spiro atoms. The zero-order valence-corrected chi connectivity index (χ0v) is 23.5. The number of rotatable bonds is 6. The first-order chi connectivity index (χ1) is 19.9. The molecule has 0 aromatic heterocycles. The molecule has 2 aromatic rings. The first-order valence-corrected chi connectivity index (χ1v) is 14.2. The summed E-state index contributed by atoms with van der Waals surface area (Å²) in [5.41, 5.74) is 1.02. The Bertz CT molecular complexity index is 1580. The van der Waals surface area contributed by atoms with Gasteiger partial charge < -0.3 is 10.2 Å². The van der Waals surface area contributed by atoms with Crippen molar-refractivity contribution in [1.82, 2.24) is 4.90 Å². The van der Waals surface area contributed by atoms with Gasteiger partial charge in [0.15, 0.2) is 9.75 Å². The van der Waals surface area contributed by atoms with Crippen molar-refractivity contribution in [2.45, 2.75) is 41.3 Å². The lowest BCUT2D eigenvalue weighted by Crippen LogP contribution is -2.60. The molecule has 4 amide bonds. The number of aliphatic carboxylic acids is 1. The topological polar surface area (TPSA) is 132 Å². The quantitative estimate of drug-likeness (QED) is 0.286. The average molecular weight is 615 g/mol. The van der Waals surface area contributed by atoms with E-state index in [4.69, 9.17) is 28.3 Å². The van der Waals surface area contributed by atoms with Crippen LogP contribution in [0.15, 0.2) is 60.2 Å². The summed E-state index contributed by atoms with van der Waals surface area (Å²) in [6.45, 7) is -0.0593. The fourth-order valence-corrected chi connectivity index (χ4v) is 8.09. The molecule has 12 heteroatoms. The van der Waals surface area contributed by atoms with Gasteiger partial charge in [0, 0.05) is 18.9 Å². The van der Waals surface area contributed by atoms with Crippen LogP contribution in [-0.4, -0.2) is 61.0 Å². The minimum absolute atomic E-state index is 0.0593. The van der Waals surface area contributed by atoms with E-state index in [1.165, 1.54) is 24.3 Å². The van der Waals surface area contributed by atoms with E-state index in [-0.39, 0.29) is 43.7 Å². The molecule has 0 radical (unpaired) electrons. The molecule has 2 saturated heterocycles. The maximum absolute atomic E-state index is 14.2. The van der Waals surface area contributed by atoms with Gasteiger partial charge in [0.05, 0.1) is 17.5 Å². The van der Waals surface area contributed by atoms with Gasteiger partial charge in [0.2, 0.25) is 11.8 Å². The average Bonchev–Trinajstić information content (AvgIpc) is 3.27. The van der Waals surface area contributed by atoms with Crippen LogP contribution in [0.4, 0.5) is 10.1 Å². The molecule has 0 bridgehead atoms. The lowest BCUT2D eigenvalue weighted by molar-refractivity contribution is -0.142. The van der Waals surface area contributed by atoms with Crippen molar-refractivity contribution in [3.63, 3.8) is 0 Å². The normalized spacial score (nSPS) is 32.0. The van der Waals surface area contributed by atoms with Crippen molar-refractivity contribution < 1.29 is 38.6 Å². The van der Waals surface area contributed by atoms with E-state index in [0.29, 0.717) is 11.1 Å². The zero-order valence-electron chi connectivity index (χ0n) is 22.0. The van der Waals surface area contributed by atoms with E-state index in [0.717, 1.165) is 21.9 Å². The second kappa shape index (κ2) is 9.91. The van der Waals surface area contributed by atoms with E-state index < -0.39 is 68.8 Å². The van der Waals surface area contributed by atoms with Gasteiger partial charge in [-0.2, -0.15) is 0 Å². The Balaban J connectivity index is 1.47. The van der Waals surface area contributed by atoms with Gasteiger partial charge in [-0.1, -0.05) is 23.8 Å². The number of hydrogen-bond acceptors (Lipinski definition) is 6. The third-order valence-corrected chi connectivity index (χ3v) is 10.4. The van der Waals surface area contributed by atoms with Crippen LogP contribution in [0.5, 0.6) is 5.75 Å². The van der Waals surface area contributed by atoms with Crippen molar-refractivity contribution in [2.75, 3.05) is 11.4 Å². The van der Waals surface area contributed by atoms with E-state index in [9.17, 15) is 33.5 Å². The molecule has 2 aromatic carbocycles. The highest BCUT2D eigenvalue weighted by Gasteiger charge is 2.76. The molecule has 2 aliphatic heterocycles. The van der Waals surface area contributed by atoms with Crippen LogP contribution >= 0.6 is 23.2 Å². The molecule has 42 heavy (non-hydrogen) atoms. The maximum atomic E-state index is 14.2. The Kier molecular flexibility index (Phi) is 6.69. The Morgan fingerprint density at radius 3 is 2.38 bits per heavy atom. The molecular formula is C30H25Cl2FN2O7. The second-order valence-corrected chi connectivity index (χ2v) is 12.4. The summed E-state index contributed by atoms with van der Waals surface area (Å²) < 4.78 is 13.7. The van der Waals surface area contributed by atoms with Crippen molar-refractivity contribution in [3.05, 3.63) is 71.6 Å². The van der Waals surface area contributed by atoms with Gasteiger partial charge in [-0.05, 0) is 67.1 Å². The monoisotopic (exact) mass is 614 g/mol. The van der Waals surface area contributed by atoms with Crippen LogP contribution in [0.2, 0.25) is 0 Å². The molecule has 4 aliphatic rings. The zero-order chi connectivity index (χ0) is 30.1. The smallest absolute Gasteiger partial charge is 0.303 e. The Morgan fingerprint density at radius 2 is 1.71 bits per heavy atom. The number of allylic oxidation sites excluding steroid dienone is 2. The number of likely N-dealkylation sites (tertiary alicyclic amines) is 1. The third-order valence-electron chi connectivity index (χ3n) is 8.96. The fraction of sp³-hybridized carbons (Fsp3) is 0.367. The molecule has 3 fully saturated rings. The van der Waals surface area contributed by atoms with Crippen LogP contribution in [0.1, 0.15) is 37.2 Å². The highest BCUT2D eigenvalue weighted by molar-refractivity contribution is 6.58. The number of phenolic OH excluding ortho intramolecular Hbond substituents is 1. The van der Waals surface area contributed by atoms with Gasteiger partial charge in [0.1, 0.15) is 11.6 Å². The molecule has 0 unspecified atom stereocenters. The second-order valence-electron chi connectivity index (χ2n) is 11.2. The molecule has 1 saturated carbocycles. The number of amides is 4. The number of nitrogens with zero attached hydrogens (tertiary/aromatic N) is 2. The molecule has 2 aliphatic carbocycles. The molecular weight excluding hydrogens is 590 g/mol. The van der Waals surface area contributed by atoms with Crippen LogP contribution in [0, 0.1) is 23.6 Å². The van der Waals surface area contributed by atoms with Gasteiger partial charge in [-0.15, -0.1) is 23.2 Å². The number of imide groups is 2. The number of carboxylic acids is 1. The number of carbonyl (C=O) groups excluding carboxylic acids is 4. The van der Waals surface area contributed by atoms with Crippen LogP contribution in [-0.2, 0) is 24.0 Å². The Hall–Kier alpha value is -3.76. The minimum atomic E-state index is -2.09. The van der Waals surface area contributed by atoms with E-state index >= 15 is 0 Å². The largest absolute Gasteiger partial charge is 0.508 e. The SMILES string of the molecule is O=C(O)CCCN1C(=O)[C@H]2[C@H](CC=C3[C@H]2C[C@@]2(Cl)C(=O)N(c4ccc(F)cc4)C(=O)[C@@]2(Cl)[C@H]3c2cccc(O)c2)C1=O. The summed E-state index contributed by atoms with van der Waals surface area (Å²) in [4.78, 5) is 64.1. The molecule has 9 nitrogen and oxygen atoms in total. The molecule has 6 rings (SSSR count). The minimum Gasteiger partial charge on any atom is -0.508 e. The van der Waals surface area contributed by atoms with Crippen molar-refractivity contribution in [1.29, 1.82) is 0 Å². The predicted molar refractivity (Wildman–Crippen MR) is 148 cm³/mol.